The largest absolute Gasteiger partial charge is 0.249 e. The van der Waals surface area contributed by atoms with Crippen LogP contribution < -0.4 is 0 Å². The van der Waals surface area contributed by atoms with Crippen LogP contribution in [0.3, 0.4) is 0 Å². The van der Waals surface area contributed by atoms with Gasteiger partial charge in [0.25, 0.3) is 0 Å². The Hall–Kier alpha value is -0.560. The minimum Gasteiger partial charge on any atom is -0.249 e. The Kier molecular flexibility index (Phi) is 2.69. The minimum atomic E-state index is 0.975. The monoisotopic (exact) mass is 243 g/mol. The molecular weight excluding hydrogens is 237 g/mol. The summed E-state index contributed by atoms with van der Waals surface area (Å²) in [6.07, 6.45) is 1.78. The summed E-state index contributed by atoms with van der Waals surface area (Å²) in [5, 5.41) is 0. The molecule has 10 heavy (non-hydrogen) atoms. The van der Waals surface area contributed by atoms with Crippen molar-refractivity contribution in [3.05, 3.63) is 27.6 Å². The third kappa shape index (κ3) is 1.99. The van der Waals surface area contributed by atoms with Crippen molar-refractivity contribution in [2.75, 3.05) is 0 Å². The van der Waals surface area contributed by atoms with Crippen molar-refractivity contribution in [3.8, 4) is 11.8 Å². The lowest BCUT2D eigenvalue weighted by atomic mass is 10.3. The van der Waals surface area contributed by atoms with E-state index in [-0.39, 0.29) is 0 Å². The Labute approximate surface area is 74.0 Å². The van der Waals surface area contributed by atoms with Gasteiger partial charge in [0.2, 0.25) is 0 Å². The Morgan fingerprint density at radius 2 is 2.30 bits per heavy atom. The van der Waals surface area contributed by atoms with Gasteiger partial charge in [-0.25, -0.2) is 4.98 Å². The van der Waals surface area contributed by atoms with Gasteiger partial charge < -0.3 is 0 Å². The molecule has 0 N–H and O–H groups in total. The van der Waals surface area contributed by atoms with Crippen LogP contribution in [0.5, 0.6) is 0 Å². The van der Waals surface area contributed by atoms with Crippen molar-refractivity contribution >= 4 is 22.6 Å². The van der Waals surface area contributed by atoms with E-state index in [9.17, 15) is 0 Å². The Bertz CT molecular complexity index is 266. The van der Waals surface area contributed by atoms with Crippen LogP contribution >= 0.6 is 22.6 Å². The molecule has 1 rings (SSSR count). The van der Waals surface area contributed by atoms with E-state index in [4.69, 9.17) is 0 Å². The van der Waals surface area contributed by atoms with Crippen molar-refractivity contribution in [1.29, 1.82) is 0 Å². The van der Waals surface area contributed by atoms with Crippen LogP contribution in [0.25, 0.3) is 0 Å². The van der Waals surface area contributed by atoms with Gasteiger partial charge >= 0.3 is 0 Å². The Morgan fingerprint density at radius 1 is 1.50 bits per heavy atom. The SMILES string of the molecule is CC#Cc1ccc(I)nc1. The molecule has 0 spiro atoms. The van der Waals surface area contributed by atoms with Gasteiger partial charge in [0, 0.05) is 11.8 Å². The minimum absolute atomic E-state index is 0.975. The van der Waals surface area contributed by atoms with Crippen molar-refractivity contribution in [2.45, 2.75) is 6.92 Å². The van der Waals surface area contributed by atoms with Gasteiger partial charge in [-0.05, 0) is 41.6 Å². The molecule has 0 aliphatic carbocycles. The van der Waals surface area contributed by atoms with E-state index in [1.165, 1.54) is 0 Å². The molecule has 50 valence electrons. The van der Waals surface area contributed by atoms with E-state index in [1.807, 2.05) is 19.1 Å². The van der Waals surface area contributed by atoms with Crippen LogP contribution in [0.1, 0.15) is 12.5 Å². The van der Waals surface area contributed by atoms with Crippen LogP contribution in [0.2, 0.25) is 0 Å². The highest BCUT2D eigenvalue weighted by Crippen LogP contribution is 2.00. The van der Waals surface area contributed by atoms with Crippen molar-refractivity contribution in [1.82, 2.24) is 4.98 Å². The molecule has 0 amide bonds. The smallest absolute Gasteiger partial charge is 0.101 e. The van der Waals surface area contributed by atoms with Gasteiger partial charge in [0.15, 0.2) is 0 Å². The zero-order valence-electron chi connectivity index (χ0n) is 5.56. The highest BCUT2D eigenvalue weighted by Gasteiger charge is 1.86. The van der Waals surface area contributed by atoms with Crippen molar-refractivity contribution in [3.63, 3.8) is 0 Å². The third-order valence-corrected chi connectivity index (χ3v) is 1.63. The molecule has 1 aromatic heterocycles. The first-order valence-electron chi connectivity index (χ1n) is 2.87. The predicted molar refractivity (Wildman–Crippen MR) is 49.5 cm³/mol. The number of hydrogen-bond acceptors (Lipinski definition) is 1. The van der Waals surface area contributed by atoms with E-state index in [2.05, 4.69) is 39.4 Å². The van der Waals surface area contributed by atoms with Crippen LogP contribution in [0, 0.1) is 15.5 Å². The summed E-state index contributed by atoms with van der Waals surface area (Å²) in [5.41, 5.74) is 0.975. The Morgan fingerprint density at radius 3 is 2.80 bits per heavy atom. The molecule has 0 aliphatic rings. The highest BCUT2D eigenvalue weighted by atomic mass is 127. The molecule has 0 aromatic carbocycles. The quantitative estimate of drug-likeness (QED) is 0.386. The zero-order valence-corrected chi connectivity index (χ0v) is 7.71. The van der Waals surface area contributed by atoms with Crippen molar-refractivity contribution in [2.24, 2.45) is 0 Å². The van der Waals surface area contributed by atoms with E-state index >= 15 is 0 Å². The van der Waals surface area contributed by atoms with E-state index < -0.39 is 0 Å². The third-order valence-electron chi connectivity index (χ3n) is 0.997. The highest BCUT2D eigenvalue weighted by molar-refractivity contribution is 14.1. The van der Waals surface area contributed by atoms with Gasteiger partial charge in [0.1, 0.15) is 3.70 Å². The summed E-state index contributed by atoms with van der Waals surface area (Å²) in [7, 11) is 0. The van der Waals surface area contributed by atoms with Gasteiger partial charge in [-0.2, -0.15) is 0 Å². The lowest BCUT2D eigenvalue weighted by Crippen LogP contribution is -1.79. The van der Waals surface area contributed by atoms with Crippen LogP contribution in [-0.4, -0.2) is 4.98 Å². The van der Waals surface area contributed by atoms with Crippen LogP contribution in [0.15, 0.2) is 18.3 Å². The molecule has 1 aromatic rings. The van der Waals surface area contributed by atoms with Crippen molar-refractivity contribution < 1.29 is 0 Å². The molecule has 0 bridgehead atoms. The lowest BCUT2D eigenvalue weighted by molar-refractivity contribution is 1.26. The fourth-order valence-corrected chi connectivity index (χ4v) is 0.913. The average Bonchev–Trinajstić information content (AvgIpc) is 1.95. The number of aromatic nitrogens is 1. The van der Waals surface area contributed by atoms with E-state index in [0.717, 1.165) is 9.26 Å². The van der Waals surface area contributed by atoms with Gasteiger partial charge in [-0.15, -0.1) is 5.92 Å². The number of pyridine rings is 1. The second-order valence-electron chi connectivity index (χ2n) is 1.74. The first-order chi connectivity index (χ1) is 4.83. The second-order valence-corrected chi connectivity index (χ2v) is 2.85. The maximum absolute atomic E-state index is 4.08. The van der Waals surface area contributed by atoms with Crippen LogP contribution in [0.4, 0.5) is 0 Å². The van der Waals surface area contributed by atoms with Gasteiger partial charge in [-0.1, -0.05) is 5.92 Å². The summed E-state index contributed by atoms with van der Waals surface area (Å²) >= 11 is 2.17. The maximum atomic E-state index is 4.08. The topological polar surface area (TPSA) is 12.9 Å². The van der Waals surface area contributed by atoms with E-state index in [0.29, 0.717) is 0 Å². The summed E-state index contributed by atoms with van der Waals surface area (Å²) < 4.78 is 0.999. The molecule has 0 saturated carbocycles. The van der Waals surface area contributed by atoms with E-state index in [1.54, 1.807) is 6.20 Å². The summed E-state index contributed by atoms with van der Waals surface area (Å²) in [5.74, 6) is 5.73. The normalized spacial score (nSPS) is 8.20. The Balaban J connectivity index is 2.97. The molecule has 2 heteroatoms. The van der Waals surface area contributed by atoms with Crippen LogP contribution in [-0.2, 0) is 0 Å². The summed E-state index contributed by atoms with van der Waals surface area (Å²) in [4.78, 5) is 4.08. The summed E-state index contributed by atoms with van der Waals surface area (Å²) in [6.45, 7) is 1.82. The standard InChI is InChI=1S/C8H6IN/c1-2-3-7-4-5-8(9)10-6-7/h4-6H,1H3. The first kappa shape index (κ1) is 7.55. The fourth-order valence-electron chi connectivity index (χ4n) is 0.594. The second kappa shape index (κ2) is 3.57. The number of hydrogen-bond donors (Lipinski definition) is 0. The average molecular weight is 243 g/mol. The molecule has 0 radical (unpaired) electrons. The zero-order chi connectivity index (χ0) is 7.40. The van der Waals surface area contributed by atoms with Gasteiger partial charge in [0.05, 0.1) is 0 Å². The molecule has 1 heterocycles. The molecule has 0 aliphatic heterocycles. The molecule has 1 nitrogen and oxygen atoms in total. The molecule has 0 atom stereocenters. The molecule has 0 saturated heterocycles. The summed E-state index contributed by atoms with van der Waals surface area (Å²) in [6, 6.07) is 3.91. The number of nitrogens with zero attached hydrogens (tertiary/aromatic N) is 1. The molecule has 0 unspecified atom stereocenters. The maximum Gasteiger partial charge on any atom is 0.101 e. The molecular formula is C8H6IN. The fraction of sp³-hybridized carbons (Fsp3) is 0.125. The van der Waals surface area contributed by atoms with Gasteiger partial charge in [-0.3, -0.25) is 0 Å². The predicted octanol–water partition coefficient (Wildman–Crippen LogP) is 2.06. The lowest BCUT2D eigenvalue weighted by Gasteiger charge is -1.88. The number of halogens is 1. The first-order valence-corrected chi connectivity index (χ1v) is 3.95. The number of rotatable bonds is 0. The molecule has 0 fully saturated rings.